The van der Waals surface area contributed by atoms with Crippen molar-refractivity contribution in [2.24, 2.45) is 5.41 Å². The number of piperidine rings is 1. The van der Waals surface area contributed by atoms with Crippen LogP contribution in [0.1, 0.15) is 36.6 Å². The lowest BCUT2D eigenvalue weighted by Gasteiger charge is -2.34. The van der Waals surface area contributed by atoms with Gasteiger partial charge in [0.05, 0.1) is 5.52 Å². The van der Waals surface area contributed by atoms with Crippen molar-refractivity contribution < 1.29 is 8.81 Å². The van der Waals surface area contributed by atoms with Gasteiger partial charge in [-0.1, -0.05) is 18.2 Å². The van der Waals surface area contributed by atoms with Gasteiger partial charge < -0.3 is 9.32 Å². The third-order valence-corrected chi connectivity index (χ3v) is 6.91. The first kappa shape index (κ1) is 18.4. The van der Waals surface area contributed by atoms with Gasteiger partial charge in [0.2, 0.25) is 11.8 Å². The molecular weight excluding hydrogens is 393 g/mol. The van der Waals surface area contributed by atoms with Crippen molar-refractivity contribution in [3.8, 4) is 11.5 Å². The summed E-state index contributed by atoms with van der Waals surface area (Å²) in [7, 11) is 0. The van der Waals surface area contributed by atoms with E-state index in [9.17, 15) is 4.39 Å². The third kappa shape index (κ3) is 3.07. The Morgan fingerprint density at radius 2 is 1.90 bits per heavy atom. The fourth-order valence-corrected chi connectivity index (χ4v) is 5.03. The quantitative estimate of drug-likeness (QED) is 0.474. The number of fused-ring (bicyclic) bond motifs is 1. The molecule has 156 valence electrons. The van der Waals surface area contributed by atoms with Gasteiger partial charge in [0.1, 0.15) is 18.0 Å². The van der Waals surface area contributed by atoms with E-state index in [1.54, 1.807) is 18.5 Å². The van der Waals surface area contributed by atoms with Gasteiger partial charge in [-0.2, -0.15) is 0 Å². The van der Waals surface area contributed by atoms with Gasteiger partial charge in [0.15, 0.2) is 0 Å². The number of hydrogen-bond acceptors (Lipinski definition) is 6. The monoisotopic (exact) mass is 415 g/mol. The molecule has 1 aliphatic carbocycles. The lowest BCUT2D eigenvalue weighted by Crippen LogP contribution is -2.35. The second-order valence-corrected chi connectivity index (χ2v) is 8.73. The van der Waals surface area contributed by atoms with Gasteiger partial charge in [-0.3, -0.25) is 0 Å². The van der Waals surface area contributed by atoms with Gasteiger partial charge in [-0.25, -0.2) is 14.4 Å². The lowest BCUT2D eigenvalue weighted by molar-refractivity contribution is 0.352. The van der Waals surface area contributed by atoms with Crippen molar-refractivity contribution >= 4 is 16.7 Å². The van der Waals surface area contributed by atoms with E-state index in [2.05, 4.69) is 38.1 Å². The lowest BCUT2D eigenvalue weighted by atomic mass is 9.90. The zero-order chi connectivity index (χ0) is 21.0. The van der Waals surface area contributed by atoms with Gasteiger partial charge in [0.25, 0.3) is 0 Å². The van der Waals surface area contributed by atoms with Crippen molar-refractivity contribution in [1.82, 2.24) is 20.2 Å². The van der Waals surface area contributed by atoms with E-state index in [1.165, 1.54) is 17.7 Å². The van der Waals surface area contributed by atoms with E-state index < -0.39 is 0 Å². The number of aryl methyl sites for hydroxylation is 1. The molecule has 31 heavy (non-hydrogen) atoms. The molecule has 1 spiro atoms. The standard InChI is InChI=1S/C24H22FN5O/c1-15-4-2-7-19-20(15)21(27-14-26-19)30-10-8-24(9-11-30)13-18(24)23-29-28-22(31-23)16-5-3-6-17(25)12-16/h2-7,12,14,18H,8-11,13H2,1H3. The minimum absolute atomic E-state index is 0.222. The Morgan fingerprint density at radius 1 is 1.06 bits per heavy atom. The highest BCUT2D eigenvalue weighted by molar-refractivity contribution is 5.92. The zero-order valence-electron chi connectivity index (χ0n) is 17.3. The van der Waals surface area contributed by atoms with Crippen LogP contribution in [-0.2, 0) is 0 Å². The normalized spacial score (nSPS) is 19.8. The molecule has 6 nitrogen and oxygen atoms in total. The Balaban J connectivity index is 1.19. The number of benzene rings is 2. The number of halogens is 1. The van der Waals surface area contributed by atoms with Gasteiger partial charge >= 0.3 is 0 Å². The molecule has 2 aromatic carbocycles. The molecule has 2 aromatic heterocycles. The highest BCUT2D eigenvalue weighted by atomic mass is 19.1. The summed E-state index contributed by atoms with van der Waals surface area (Å²) >= 11 is 0. The molecule has 1 saturated carbocycles. The van der Waals surface area contributed by atoms with Crippen LogP contribution in [0.5, 0.6) is 0 Å². The van der Waals surface area contributed by atoms with E-state index >= 15 is 0 Å². The average Bonchev–Trinajstić information content (AvgIpc) is 3.25. The zero-order valence-corrected chi connectivity index (χ0v) is 17.3. The van der Waals surface area contributed by atoms with Crippen LogP contribution in [0.2, 0.25) is 0 Å². The summed E-state index contributed by atoms with van der Waals surface area (Å²) in [6.45, 7) is 4.01. The predicted molar refractivity (Wildman–Crippen MR) is 115 cm³/mol. The Labute approximate surface area is 179 Å². The molecular formula is C24H22FN5O. The molecule has 0 N–H and O–H groups in total. The summed E-state index contributed by atoms with van der Waals surface area (Å²) in [6.07, 6.45) is 4.85. The van der Waals surface area contributed by atoms with E-state index in [0.717, 1.165) is 49.1 Å². The molecule has 1 unspecified atom stereocenters. The van der Waals surface area contributed by atoms with Crippen LogP contribution >= 0.6 is 0 Å². The third-order valence-electron chi connectivity index (χ3n) is 6.91. The SMILES string of the molecule is Cc1cccc2ncnc(N3CCC4(CC3)CC4c3nnc(-c4cccc(F)c4)o3)c12. The van der Waals surface area contributed by atoms with Crippen molar-refractivity contribution in [2.45, 2.75) is 32.1 Å². The fraction of sp³-hybridized carbons (Fsp3) is 0.333. The summed E-state index contributed by atoms with van der Waals surface area (Å²) in [5.74, 6) is 2.07. The van der Waals surface area contributed by atoms with Crippen LogP contribution in [0.4, 0.5) is 10.2 Å². The van der Waals surface area contributed by atoms with Gasteiger partial charge in [-0.15, -0.1) is 10.2 Å². The molecule has 2 aliphatic rings. The largest absolute Gasteiger partial charge is 0.420 e. The molecule has 2 fully saturated rings. The Hall–Kier alpha value is -3.35. The highest BCUT2D eigenvalue weighted by Gasteiger charge is 2.58. The van der Waals surface area contributed by atoms with Crippen LogP contribution in [0.3, 0.4) is 0 Å². The second-order valence-electron chi connectivity index (χ2n) is 8.73. The number of rotatable bonds is 3. The maximum atomic E-state index is 13.5. The summed E-state index contributed by atoms with van der Waals surface area (Å²) in [4.78, 5) is 11.4. The Bertz CT molecular complexity index is 1270. The predicted octanol–water partition coefficient (Wildman–Crippen LogP) is 4.90. The van der Waals surface area contributed by atoms with Crippen molar-refractivity contribution in [1.29, 1.82) is 0 Å². The first-order valence-electron chi connectivity index (χ1n) is 10.7. The number of aromatic nitrogens is 4. The maximum absolute atomic E-state index is 13.5. The minimum atomic E-state index is -0.306. The highest BCUT2D eigenvalue weighted by Crippen LogP contribution is 2.64. The van der Waals surface area contributed by atoms with E-state index in [0.29, 0.717) is 17.3 Å². The molecule has 0 bridgehead atoms. The number of hydrogen-bond donors (Lipinski definition) is 0. The molecule has 3 heterocycles. The molecule has 7 heteroatoms. The molecule has 0 radical (unpaired) electrons. The van der Waals surface area contributed by atoms with Crippen LogP contribution in [0, 0.1) is 18.2 Å². The molecule has 0 amide bonds. The maximum Gasteiger partial charge on any atom is 0.247 e. The molecule has 6 rings (SSSR count). The second kappa shape index (κ2) is 6.83. The van der Waals surface area contributed by atoms with Crippen LogP contribution in [0.25, 0.3) is 22.4 Å². The smallest absolute Gasteiger partial charge is 0.247 e. The first-order valence-corrected chi connectivity index (χ1v) is 10.7. The van der Waals surface area contributed by atoms with Crippen LogP contribution < -0.4 is 4.90 Å². The molecule has 4 aromatic rings. The first-order chi connectivity index (χ1) is 15.1. The minimum Gasteiger partial charge on any atom is -0.420 e. The molecule has 1 saturated heterocycles. The number of anilines is 1. The average molecular weight is 415 g/mol. The van der Waals surface area contributed by atoms with Crippen molar-refractivity contribution in [3.05, 3.63) is 66.1 Å². The summed E-state index contributed by atoms with van der Waals surface area (Å²) in [5.41, 5.74) is 3.04. The summed E-state index contributed by atoms with van der Waals surface area (Å²) in [5, 5.41) is 9.60. The fourth-order valence-electron chi connectivity index (χ4n) is 5.03. The van der Waals surface area contributed by atoms with Crippen LogP contribution in [-0.4, -0.2) is 33.3 Å². The van der Waals surface area contributed by atoms with Gasteiger partial charge in [-0.05, 0) is 61.4 Å². The number of nitrogens with zero attached hydrogens (tertiary/aromatic N) is 5. The van der Waals surface area contributed by atoms with Crippen molar-refractivity contribution in [2.75, 3.05) is 18.0 Å². The molecule has 1 aliphatic heterocycles. The summed E-state index contributed by atoms with van der Waals surface area (Å²) in [6, 6.07) is 12.5. The Morgan fingerprint density at radius 3 is 2.74 bits per heavy atom. The van der Waals surface area contributed by atoms with E-state index in [4.69, 9.17) is 4.42 Å². The topological polar surface area (TPSA) is 67.9 Å². The summed E-state index contributed by atoms with van der Waals surface area (Å²) < 4.78 is 19.4. The Kier molecular flexibility index (Phi) is 4.06. The van der Waals surface area contributed by atoms with Crippen molar-refractivity contribution in [3.63, 3.8) is 0 Å². The van der Waals surface area contributed by atoms with E-state index in [1.807, 2.05) is 12.1 Å². The van der Waals surface area contributed by atoms with Crippen LogP contribution in [0.15, 0.2) is 53.2 Å². The van der Waals surface area contributed by atoms with E-state index in [-0.39, 0.29) is 17.2 Å². The molecule has 1 atom stereocenters. The van der Waals surface area contributed by atoms with Gasteiger partial charge in [0, 0.05) is 30.0 Å².